The number of alkyl halides is 3. The minimum atomic E-state index is -4.34. The van der Waals surface area contributed by atoms with Gasteiger partial charge in [0.25, 0.3) is 0 Å². The van der Waals surface area contributed by atoms with Crippen LogP contribution in [0.1, 0.15) is 51.4 Å². The van der Waals surface area contributed by atoms with Crippen molar-refractivity contribution in [3.8, 4) is 0 Å². The lowest BCUT2D eigenvalue weighted by molar-refractivity contribution is -0.184. The molecule has 0 atom stereocenters. The summed E-state index contributed by atoms with van der Waals surface area (Å²) in [6, 6.07) is -0.319. The molecule has 5 fully saturated rings. The average molecular weight is 345 g/mol. The number of hydrogen-bond donors (Lipinski definition) is 0. The van der Waals surface area contributed by atoms with Crippen LogP contribution in [0.15, 0.2) is 0 Å². The van der Waals surface area contributed by atoms with Crippen molar-refractivity contribution in [3.63, 3.8) is 0 Å². The third-order valence-electron chi connectivity index (χ3n) is 6.73. The van der Waals surface area contributed by atoms with Gasteiger partial charge < -0.3 is 9.64 Å². The predicted octanol–water partition coefficient (Wildman–Crippen LogP) is 3.77. The molecule has 5 rings (SSSR count). The van der Waals surface area contributed by atoms with E-state index in [1.54, 1.807) is 0 Å². The van der Waals surface area contributed by atoms with Gasteiger partial charge in [-0.2, -0.15) is 13.2 Å². The Morgan fingerprint density at radius 2 is 1.50 bits per heavy atom. The zero-order valence-corrected chi connectivity index (χ0v) is 14.0. The van der Waals surface area contributed by atoms with Gasteiger partial charge in [-0.15, -0.1) is 0 Å². The average Bonchev–Trinajstić information content (AvgIpc) is 2.51. The van der Waals surface area contributed by atoms with Gasteiger partial charge >= 0.3 is 6.18 Å². The molecule has 0 aromatic carbocycles. The topological polar surface area (TPSA) is 29.5 Å². The zero-order chi connectivity index (χ0) is 16.9. The van der Waals surface area contributed by atoms with Crippen molar-refractivity contribution in [2.75, 3.05) is 19.8 Å². The fourth-order valence-corrected chi connectivity index (χ4v) is 6.23. The summed E-state index contributed by atoms with van der Waals surface area (Å²) in [6.07, 6.45) is 2.70. The zero-order valence-electron chi connectivity index (χ0n) is 14.0. The Bertz CT molecular complexity index is 464. The second kappa shape index (κ2) is 5.89. The molecule has 0 aromatic heterocycles. The summed E-state index contributed by atoms with van der Waals surface area (Å²) in [6.45, 7) is -0.196. The van der Waals surface area contributed by atoms with Crippen molar-refractivity contribution >= 4 is 5.91 Å². The Morgan fingerprint density at radius 1 is 1.00 bits per heavy atom. The van der Waals surface area contributed by atoms with E-state index in [-0.39, 0.29) is 11.9 Å². The summed E-state index contributed by atoms with van der Waals surface area (Å²) < 4.78 is 44.8. The van der Waals surface area contributed by atoms with Crippen molar-refractivity contribution < 1.29 is 22.7 Å². The van der Waals surface area contributed by atoms with E-state index >= 15 is 0 Å². The van der Waals surface area contributed by atoms with Gasteiger partial charge in [-0.3, -0.25) is 4.79 Å². The first-order chi connectivity index (χ1) is 11.3. The molecular formula is C18H26F3NO2. The van der Waals surface area contributed by atoms with Gasteiger partial charge in [0.2, 0.25) is 5.91 Å². The molecule has 24 heavy (non-hydrogen) atoms. The van der Waals surface area contributed by atoms with Gasteiger partial charge in [-0.05, 0) is 69.1 Å². The molecule has 0 aromatic rings. The molecule has 0 N–H and O–H groups in total. The first-order valence-electron chi connectivity index (χ1n) is 9.30. The van der Waals surface area contributed by atoms with Gasteiger partial charge in [0.05, 0.1) is 5.41 Å². The highest BCUT2D eigenvalue weighted by molar-refractivity contribution is 5.83. The monoisotopic (exact) mass is 345 g/mol. The molecule has 6 heteroatoms. The summed E-state index contributed by atoms with van der Waals surface area (Å²) in [7, 11) is 0. The van der Waals surface area contributed by atoms with Crippen LogP contribution in [0.3, 0.4) is 0 Å². The summed E-state index contributed by atoms with van der Waals surface area (Å²) in [4.78, 5) is 14.5. The minimum Gasteiger partial charge on any atom is -0.381 e. The maximum Gasteiger partial charge on any atom is 0.406 e. The predicted molar refractivity (Wildman–Crippen MR) is 82.2 cm³/mol. The Morgan fingerprint density at radius 3 is 1.96 bits per heavy atom. The second-order valence-corrected chi connectivity index (χ2v) is 8.59. The van der Waals surface area contributed by atoms with E-state index in [0.29, 0.717) is 43.8 Å². The fraction of sp³-hybridized carbons (Fsp3) is 0.944. The molecule has 4 saturated carbocycles. The van der Waals surface area contributed by atoms with Crippen molar-refractivity contribution in [2.24, 2.45) is 23.2 Å². The second-order valence-electron chi connectivity index (χ2n) is 8.59. The first-order valence-corrected chi connectivity index (χ1v) is 9.30. The largest absolute Gasteiger partial charge is 0.406 e. The molecule has 0 radical (unpaired) electrons. The van der Waals surface area contributed by atoms with Crippen molar-refractivity contribution in [3.05, 3.63) is 0 Å². The normalized spacial score (nSPS) is 39.2. The van der Waals surface area contributed by atoms with Crippen LogP contribution < -0.4 is 0 Å². The number of halogens is 3. The van der Waals surface area contributed by atoms with Gasteiger partial charge in [0, 0.05) is 19.3 Å². The smallest absolute Gasteiger partial charge is 0.381 e. The Hall–Kier alpha value is -0.780. The van der Waals surface area contributed by atoms with Gasteiger partial charge in [0.1, 0.15) is 6.54 Å². The molecule has 1 heterocycles. The SMILES string of the molecule is O=C(N(CC(F)(F)F)C1CCOCC1)C12CC3CC(CC(C3)C1)C2. The lowest BCUT2D eigenvalue weighted by Crippen LogP contribution is -2.58. The van der Waals surface area contributed by atoms with Crippen LogP contribution in [0.4, 0.5) is 13.2 Å². The summed E-state index contributed by atoms with van der Waals surface area (Å²) in [5, 5.41) is 0. The molecule has 136 valence electrons. The standard InChI is InChI=1S/C18H26F3NO2/c19-18(20,21)11-22(15-1-3-24-4-2-15)16(23)17-8-12-5-13(9-17)7-14(6-12)10-17/h12-15H,1-11H2. The Balaban J connectivity index is 1.58. The number of ether oxygens (including phenoxy) is 1. The number of nitrogens with zero attached hydrogens (tertiary/aromatic N) is 1. The van der Waals surface area contributed by atoms with E-state index in [0.717, 1.165) is 19.3 Å². The van der Waals surface area contributed by atoms with Crippen LogP contribution >= 0.6 is 0 Å². The Kier molecular flexibility index (Phi) is 4.09. The van der Waals surface area contributed by atoms with Crippen molar-refractivity contribution in [1.29, 1.82) is 0 Å². The van der Waals surface area contributed by atoms with Crippen LogP contribution in [0.2, 0.25) is 0 Å². The van der Waals surface area contributed by atoms with E-state index in [1.807, 2.05) is 0 Å². The van der Waals surface area contributed by atoms with Crippen molar-refractivity contribution in [2.45, 2.75) is 63.6 Å². The fourth-order valence-electron chi connectivity index (χ4n) is 6.23. The van der Waals surface area contributed by atoms with Crippen LogP contribution in [0.5, 0.6) is 0 Å². The molecule has 1 amide bonds. The lowest BCUT2D eigenvalue weighted by atomic mass is 9.49. The van der Waals surface area contributed by atoms with E-state index in [1.165, 1.54) is 24.2 Å². The van der Waals surface area contributed by atoms with Crippen LogP contribution in [0.25, 0.3) is 0 Å². The maximum absolute atomic E-state index is 13.4. The van der Waals surface area contributed by atoms with Gasteiger partial charge in [-0.25, -0.2) is 0 Å². The number of amides is 1. The van der Waals surface area contributed by atoms with Crippen LogP contribution in [-0.2, 0) is 9.53 Å². The van der Waals surface area contributed by atoms with Crippen LogP contribution in [-0.4, -0.2) is 42.8 Å². The molecule has 0 spiro atoms. The van der Waals surface area contributed by atoms with E-state index in [4.69, 9.17) is 4.74 Å². The summed E-state index contributed by atoms with van der Waals surface area (Å²) in [5.74, 6) is 1.47. The lowest BCUT2D eigenvalue weighted by Gasteiger charge is -2.57. The van der Waals surface area contributed by atoms with Crippen LogP contribution in [0, 0.1) is 23.2 Å². The number of rotatable bonds is 3. The maximum atomic E-state index is 13.4. The minimum absolute atomic E-state index is 0.203. The molecule has 5 aliphatic rings. The quantitative estimate of drug-likeness (QED) is 0.779. The third-order valence-corrected chi connectivity index (χ3v) is 6.73. The Labute approximate surface area is 140 Å². The van der Waals surface area contributed by atoms with Gasteiger partial charge in [-0.1, -0.05) is 0 Å². The van der Waals surface area contributed by atoms with E-state index < -0.39 is 18.1 Å². The molecule has 4 aliphatic carbocycles. The number of hydrogen-bond acceptors (Lipinski definition) is 2. The van der Waals surface area contributed by atoms with E-state index in [2.05, 4.69) is 0 Å². The first kappa shape index (κ1) is 16.7. The summed E-state index contributed by atoms with van der Waals surface area (Å²) >= 11 is 0. The third kappa shape index (κ3) is 3.06. The highest BCUT2D eigenvalue weighted by Crippen LogP contribution is 2.60. The molecule has 0 unspecified atom stereocenters. The molecular weight excluding hydrogens is 319 g/mol. The molecule has 3 nitrogen and oxygen atoms in total. The number of carbonyl (C=O) groups is 1. The van der Waals surface area contributed by atoms with Gasteiger partial charge in [0.15, 0.2) is 0 Å². The van der Waals surface area contributed by atoms with E-state index in [9.17, 15) is 18.0 Å². The highest BCUT2D eigenvalue weighted by atomic mass is 19.4. The molecule has 1 saturated heterocycles. The highest BCUT2D eigenvalue weighted by Gasteiger charge is 2.56. The summed E-state index contributed by atoms with van der Waals surface area (Å²) in [5.41, 5.74) is -0.502. The van der Waals surface area contributed by atoms with Crippen molar-refractivity contribution in [1.82, 2.24) is 4.90 Å². The molecule has 4 bridgehead atoms. The number of carbonyl (C=O) groups excluding carboxylic acids is 1. The molecule has 1 aliphatic heterocycles.